The Morgan fingerprint density at radius 2 is 1.95 bits per heavy atom. The van der Waals surface area contributed by atoms with Crippen LogP contribution in [0.15, 0.2) is 36.8 Å². The normalized spacial score (nSPS) is 14.9. The minimum Gasteiger partial charge on any atom is -0.372 e. The molecule has 4 heteroatoms. The van der Waals surface area contributed by atoms with Crippen LogP contribution >= 0.6 is 0 Å². The third-order valence-electron chi connectivity index (χ3n) is 3.86. The zero-order valence-electron chi connectivity index (χ0n) is 11.8. The van der Waals surface area contributed by atoms with Crippen molar-refractivity contribution in [1.29, 1.82) is 0 Å². The maximum atomic E-state index is 4.02. The highest BCUT2D eigenvalue weighted by molar-refractivity contribution is 5.48. The second-order valence-corrected chi connectivity index (χ2v) is 5.36. The number of aromatic amines is 1. The Bertz CT molecular complexity index is 498. The number of aromatic nitrogens is 2. The highest BCUT2D eigenvalue weighted by Gasteiger charge is 2.11. The number of nitrogens with zero attached hydrogens (tertiary/aromatic N) is 2. The van der Waals surface area contributed by atoms with Crippen LogP contribution in [0.3, 0.4) is 0 Å². The first kappa shape index (κ1) is 13.2. The van der Waals surface area contributed by atoms with E-state index in [1.54, 1.807) is 6.33 Å². The van der Waals surface area contributed by atoms with Crippen molar-refractivity contribution in [2.45, 2.75) is 25.8 Å². The molecule has 1 aromatic carbocycles. The van der Waals surface area contributed by atoms with Crippen LogP contribution in [0.4, 0.5) is 5.69 Å². The largest absolute Gasteiger partial charge is 0.372 e. The highest BCUT2D eigenvalue weighted by atomic mass is 15.1. The van der Waals surface area contributed by atoms with Crippen molar-refractivity contribution in [3.05, 3.63) is 48.0 Å². The van der Waals surface area contributed by atoms with Gasteiger partial charge < -0.3 is 15.2 Å². The van der Waals surface area contributed by atoms with Gasteiger partial charge >= 0.3 is 0 Å². The van der Waals surface area contributed by atoms with Crippen LogP contribution in [0.5, 0.6) is 0 Å². The molecule has 0 amide bonds. The summed E-state index contributed by atoms with van der Waals surface area (Å²) in [6.45, 7) is 4.31. The Balaban J connectivity index is 1.43. The Morgan fingerprint density at radius 3 is 2.65 bits per heavy atom. The Morgan fingerprint density at radius 1 is 1.15 bits per heavy atom. The van der Waals surface area contributed by atoms with Crippen LogP contribution in [-0.4, -0.2) is 29.6 Å². The third-order valence-corrected chi connectivity index (χ3v) is 3.86. The lowest BCUT2D eigenvalue weighted by Crippen LogP contribution is -2.18. The summed E-state index contributed by atoms with van der Waals surface area (Å²) in [5.41, 5.74) is 3.89. The molecule has 0 atom stereocenters. The van der Waals surface area contributed by atoms with Gasteiger partial charge in [0.2, 0.25) is 0 Å². The molecule has 1 aliphatic heterocycles. The van der Waals surface area contributed by atoms with Crippen LogP contribution in [-0.2, 0) is 13.0 Å². The van der Waals surface area contributed by atoms with Crippen LogP contribution in [0.1, 0.15) is 24.1 Å². The molecule has 2 N–H and O–H groups in total. The number of anilines is 1. The number of hydrogen-bond acceptors (Lipinski definition) is 3. The van der Waals surface area contributed by atoms with E-state index in [1.807, 2.05) is 6.20 Å². The quantitative estimate of drug-likeness (QED) is 0.792. The van der Waals surface area contributed by atoms with E-state index in [9.17, 15) is 0 Å². The maximum Gasteiger partial charge on any atom is 0.0921 e. The summed E-state index contributed by atoms with van der Waals surface area (Å²) in [4.78, 5) is 9.60. The molecule has 0 unspecified atom stereocenters. The Kier molecular flexibility index (Phi) is 4.33. The van der Waals surface area contributed by atoms with Gasteiger partial charge in [0.05, 0.1) is 6.33 Å². The number of rotatable bonds is 6. The van der Waals surface area contributed by atoms with Crippen molar-refractivity contribution in [3.63, 3.8) is 0 Å². The van der Waals surface area contributed by atoms with Gasteiger partial charge in [-0.1, -0.05) is 12.1 Å². The molecule has 0 aliphatic carbocycles. The van der Waals surface area contributed by atoms with Crippen molar-refractivity contribution >= 4 is 5.69 Å². The summed E-state index contributed by atoms with van der Waals surface area (Å²) in [5, 5.41) is 3.47. The first-order chi connectivity index (χ1) is 9.92. The predicted octanol–water partition coefficient (Wildman–Crippen LogP) is 2.34. The van der Waals surface area contributed by atoms with Crippen molar-refractivity contribution in [2.24, 2.45) is 0 Å². The molecule has 0 spiro atoms. The van der Waals surface area contributed by atoms with Gasteiger partial charge in [-0.25, -0.2) is 4.98 Å². The molecule has 2 aromatic rings. The van der Waals surface area contributed by atoms with Gasteiger partial charge in [-0.3, -0.25) is 0 Å². The minimum atomic E-state index is 0.925. The van der Waals surface area contributed by atoms with E-state index < -0.39 is 0 Å². The lowest BCUT2D eigenvalue weighted by Gasteiger charge is -2.17. The monoisotopic (exact) mass is 270 g/mol. The van der Waals surface area contributed by atoms with E-state index in [0.29, 0.717) is 0 Å². The average molecular weight is 270 g/mol. The van der Waals surface area contributed by atoms with Gasteiger partial charge in [0.15, 0.2) is 0 Å². The first-order valence-corrected chi connectivity index (χ1v) is 7.44. The van der Waals surface area contributed by atoms with E-state index in [0.717, 1.165) is 19.5 Å². The van der Waals surface area contributed by atoms with E-state index in [1.165, 1.54) is 42.9 Å². The molecule has 1 saturated heterocycles. The van der Waals surface area contributed by atoms with Crippen molar-refractivity contribution < 1.29 is 0 Å². The fraction of sp³-hybridized carbons (Fsp3) is 0.438. The topological polar surface area (TPSA) is 44.0 Å². The third kappa shape index (κ3) is 3.39. The number of nitrogens with one attached hydrogen (secondary N) is 2. The molecule has 0 bridgehead atoms. The van der Waals surface area contributed by atoms with Gasteiger partial charge in [0.1, 0.15) is 0 Å². The van der Waals surface area contributed by atoms with Crippen LogP contribution in [0.25, 0.3) is 0 Å². The predicted molar refractivity (Wildman–Crippen MR) is 81.9 cm³/mol. The molecule has 1 aromatic heterocycles. The standard InChI is InChI=1S/C16H22N4/c1-2-10-20(9-1)16-5-3-14(4-6-16)11-17-8-7-15-12-18-13-19-15/h3-6,12-13,17H,1-2,7-11H2,(H,18,19). The molecule has 4 nitrogen and oxygen atoms in total. The molecule has 20 heavy (non-hydrogen) atoms. The van der Waals surface area contributed by atoms with E-state index in [-0.39, 0.29) is 0 Å². The maximum absolute atomic E-state index is 4.02. The second kappa shape index (κ2) is 6.57. The number of imidazole rings is 1. The van der Waals surface area contributed by atoms with E-state index >= 15 is 0 Å². The molecule has 1 fully saturated rings. The van der Waals surface area contributed by atoms with Crippen LogP contribution in [0, 0.1) is 0 Å². The Labute approximate surface area is 120 Å². The van der Waals surface area contributed by atoms with Crippen molar-refractivity contribution in [2.75, 3.05) is 24.5 Å². The summed E-state index contributed by atoms with van der Waals surface area (Å²) >= 11 is 0. The number of benzene rings is 1. The van der Waals surface area contributed by atoms with Crippen molar-refractivity contribution in [3.8, 4) is 0 Å². The summed E-state index contributed by atoms with van der Waals surface area (Å²) in [6, 6.07) is 8.96. The second-order valence-electron chi connectivity index (χ2n) is 5.36. The Hall–Kier alpha value is -1.81. The summed E-state index contributed by atoms with van der Waals surface area (Å²) in [7, 11) is 0. The highest BCUT2D eigenvalue weighted by Crippen LogP contribution is 2.20. The lowest BCUT2D eigenvalue weighted by molar-refractivity contribution is 0.681. The van der Waals surface area contributed by atoms with Gasteiger partial charge in [-0.2, -0.15) is 0 Å². The molecule has 0 radical (unpaired) electrons. The van der Waals surface area contributed by atoms with Gasteiger partial charge in [-0.05, 0) is 30.5 Å². The number of hydrogen-bond donors (Lipinski definition) is 2. The SMILES string of the molecule is c1ncc(CCNCc2ccc(N3CCCC3)cc2)[nH]1. The van der Waals surface area contributed by atoms with Gasteiger partial charge in [0.25, 0.3) is 0 Å². The van der Waals surface area contributed by atoms with Crippen molar-refractivity contribution in [1.82, 2.24) is 15.3 Å². The summed E-state index contributed by atoms with van der Waals surface area (Å²) < 4.78 is 0. The molecule has 0 saturated carbocycles. The van der Waals surface area contributed by atoms with E-state index in [2.05, 4.69) is 44.5 Å². The number of H-pyrrole nitrogens is 1. The fourth-order valence-corrected chi connectivity index (χ4v) is 2.68. The lowest BCUT2D eigenvalue weighted by atomic mass is 10.2. The molecule has 1 aliphatic rings. The first-order valence-electron chi connectivity index (χ1n) is 7.44. The molecular weight excluding hydrogens is 248 g/mol. The summed E-state index contributed by atoms with van der Waals surface area (Å²) in [6.07, 6.45) is 7.26. The zero-order valence-corrected chi connectivity index (χ0v) is 11.8. The average Bonchev–Trinajstić information content (AvgIpc) is 3.17. The smallest absolute Gasteiger partial charge is 0.0921 e. The van der Waals surface area contributed by atoms with Gasteiger partial charge in [0, 0.05) is 50.2 Å². The van der Waals surface area contributed by atoms with E-state index in [4.69, 9.17) is 0 Å². The van der Waals surface area contributed by atoms with Gasteiger partial charge in [-0.15, -0.1) is 0 Å². The molecule has 3 rings (SSSR count). The molecule has 106 valence electrons. The molecule has 2 heterocycles. The zero-order chi connectivity index (χ0) is 13.6. The fourth-order valence-electron chi connectivity index (χ4n) is 2.68. The minimum absolute atomic E-state index is 0.925. The van der Waals surface area contributed by atoms with Crippen LogP contribution < -0.4 is 10.2 Å². The van der Waals surface area contributed by atoms with Crippen LogP contribution in [0.2, 0.25) is 0 Å². The summed E-state index contributed by atoms with van der Waals surface area (Å²) in [5.74, 6) is 0. The molecular formula is C16H22N4.